The molecule has 8 rings (SSSR count). The minimum atomic E-state index is -5.70. The molecule has 0 bridgehead atoms. The van der Waals surface area contributed by atoms with Crippen molar-refractivity contribution in [2.75, 3.05) is 0 Å². The van der Waals surface area contributed by atoms with Crippen LogP contribution in [-0.2, 0) is 15.6 Å². The molecule has 4 aliphatic carbocycles. The summed E-state index contributed by atoms with van der Waals surface area (Å²) in [5.74, 6) is -1.52. The fourth-order valence-electron chi connectivity index (χ4n) is 12.5. The molecule has 0 nitrogen and oxygen atoms in total. The standard InChI is InChI=1S/2C25H29.C4H8F3Si.2ClH.Zr/c2*1-18-12-19(2)14-23(13-18)24-11-7-10-22-16-21(17-25(22)24)15-20-8-5-3-4-6-9-20;1-8-3-2-4(5,6)7;;;/h2*7,10-14,16-17,20H,3-6,8-9,15H2,1-2H3;8H,2-3H2,1H3;2*1H;/q;;;;;+2/p-2. The SMILES string of the molecule is Cc1cc(C)cc(-c2cccc3c2C=C(CC2CCCCCC2)[CH]3[Zr]([Cl])([Cl])([CH]2C(CC3CCCCCC3)=Cc3c(-c4cc(C)cc(C)c4)cccc32)[SiH](C)CCC(F)(F)F)c1. The molecule has 0 heterocycles. The molecule has 3 unspecified atom stereocenters. The van der Waals surface area contributed by atoms with Gasteiger partial charge in [-0.05, 0) is 0 Å². The number of benzene rings is 4. The topological polar surface area (TPSA) is 0 Å². The van der Waals surface area contributed by atoms with Crippen molar-refractivity contribution in [3.05, 3.63) is 128 Å². The van der Waals surface area contributed by atoms with Gasteiger partial charge in [-0.15, -0.1) is 0 Å². The molecule has 61 heavy (non-hydrogen) atoms. The summed E-state index contributed by atoms with van der Waals surface area (Å²) in [6.07, 6.45) is 16.3. The predicted octanol–water partition coefficient (Wildman–Crippen LogP) is 17.9. The quantitative estimate of drug-likeness (QED) is 0.104. The molecule has 4 aliphatic rings. The fraction of sp³-hybridized carbons (Fsp3) is 0.481. The van der Waals surface area contributed by atoms with Crippen LogP contribution in [0.3, 0.4) is 0 Å². The third-order valence-corrected chi connectivity index (χ3v) is 65.4. The molecular formula is C54H66Cl2F3SiZr. The number of hydrogen-bond acceptors (Lipinski definition) is 0. The Labute approximate surface area is 373 Å². The molecule has 3 atom stereocenters. The summed E-state index contributed by atoms with van der Waals surface area (Å²) in [6.45, 7) is 10.8. The van der Waals surface area contributed by atoms with E-state index in [0.717, 1.165) is 12.8 Å². The Balaban J connectivity index is 1.38. The number of fused-ring (bicyclic) bond motifs is 2. The van der Waals surface area contributed by atoms with Gasteiger partial charge >= 0.3 is 376 Å². The summed E-state index contributed by atoms with van der Waals surface area (Å²) >= 11 is -5.70. The molecule has 2 saturated carbocycles. The van der Waals surface area contributed by atoms with Gasteiger partial charge in [0.2, 0.25) is 0 Å². The first-order valence-corrected chi connectivity index (χ1v) is 39.5. The van der Waals surface area contributed by atoms with E-state index >= 15 is 0 Å². The monoisotopic (exact) mass is 959 g/mol. The van der Waals surface area contributed by atoms with Gasteiger partial charge in [0.15, 0.2) is 0 Å². The van der Waals surface area contributed by atoms with Crippen molar-refractivity contribution < 1.29 is 28.7 Å². The van der Waals surface area contributed by atoms with E-state index in [-0.39, 0.29) is 13.3 Å². The van der Waals surface area contributed by atoms with E-state index in [4.69, 9.17) is 17.0 Å². The molecule has 0 spiro atoms. The minimum absolute atomic E-state index is 0.0698. The van der Waals surface area contributed by atoms with Crippen molar-refractivity contribution in [3.8, 4) is 22.3 Å². The van der Waals surface area contributed by atoms with Gasteiger partial charge in [0.25, 0.3) is 0 Å². The van der Waals surface area contributed by atoms with E-state index in [1.54, 1.807) is 0 Å². The predicted molar refractivity (Wildman–Crippen MR) is 256 cm³/mol. The van der Waals surface area contributed by atoms with Crippen molar-refractivity contribution in [1.29, 1.82) is 0 Å². The van der Waals surface area contributed by atoms with Gasteiger partial charge in [-0.25, -0.2) is 0 Å². The molecule has 0 saturated heterocycles. The second-order valence-corrected chi connectivity index (χ2v) is 61.4. The number of allylic oxidation sites excluding steroid dienone is 2. The summed E-state index contributed by atoms with van der Waals surface area (Å²) in [7, 11) is 18.2. The van der Waals surface area contributed by atoms with Crippen LogP contribution in [0.25, 0.3) is 34.4 Å². The summed E-state index contributed by atoms with van der Waals surface area (Å²) in [6, 6.07) is 27.0. The number of alkyl halides is 3. The molecule has 0 radical (unpaired) electrons. The first kappa shape index (κ1) is 45.4. The Hall–Kier alpha value is -2.17. The number of hydrogen-bond donors (Lipinski definition) is 0. The van der Waals surface area contributed by atoms with Crippen LogP contribution < -0.4 is 0 Å². The van der Waals surface area contributed by atoms with Gasteiger partial charge < -0.3 is 0 Å². The van der Waals surface area contributed by atoms with Crippen LogP contribution in [0.5, 0.6) is 0 Å². The Morgan fingerprint density at radius 1 is 0.574 bits per heavy atom. The molecule has 0 aromatic heterocycles. The molecule has 0 aliphatic heterocycles. The third-order valence-electron chi connectivity index (χ3n) is 15.3. The maximum absolute atomic E-state index is 14.6. The van der Waals surface area contributed by atoms with Gasteiger partial charge in [-0.3, -0.25) is 0 Å². The van der Waals surface area contributed by atoms with Gasteiger partial charge in [-0.1, -0.05) is 0 Å². The van der Waals surface area contributed by atoms with Gasteiger partial charge in [0, 0.05) is 0 Å². The first-order chi connectivity index (χ1) is 29.1. The molecule has 4 aromatic carbocycles. The van der Waals surface area contributed by atoms with Crippen molar-refractivity contribution in [1.82, 2.24) is 0 Å². The van der Waals surface area contributed by atoms with Crippen LogP contribution in [0, 0.1) is 39.5 Å². The summed E-state index contributed by atoms with van der Waals surface area (Å²) in [5, 5.41) is 0. The zero-order valence-electron chi connectivity index (χ0n) is 37.2. The average Bonchev–Trinajstić information content (AvgIpc) is 3.50. The zero-order chi connectivity index (χ0) is 43.1. The van der Waals surface area contributed by atoms with Gasteiger partial charge in [-0.2, -0.15) is 0 Å². The maximum atomic E-state index is 14.6. The first-order valence-electron chi connectivity index (χ1n) is 23.6. The second kappa shape index (κ2) is 18.4. The van der Waals surface area contributed by atoms with Crippen molar-refractivity contribution >= 4 is 35.1 Å². The third kappa shape index (κ3) is 9.49. The molecule has 0 amide bonds. The fourth-order valence-corrected chi connectivity index (χ4v) is 52.6. The van der Waals surface area contributed by atoms with Crippen LogP contribution in [0.15, 0.2) is 83.9 Å². The Morgan fingerprint density at radius 3 is 1.31 bits per heavy atom. The molecular weight excluding hydrogens is 896 g/mol. The summed E-state index contributed by atoms with van der Waals surface area (Å²) in [4.78, 5) is 0. The number of rotatable bonds is 11. The van der Waals surface area contributed by atoms with Gasteiger partial charge in [0.1, 0.15) is 0 Å². The van der Waals surface area contributed by atoms with Crippen molar-refractivity contribution in [2.24, 2.45) is 11.8 Å². The van der Waals surface area contributed by atoms with Crippen LogP contribution in [-0.4, -0.2) is 12.1 Å². The molecule has 2 fully saturated rings. The molecule has 0 N–H and O–H groups in total. The van der Waals surface area contributed by atoms with Crippen molar-refractivity contribution in [2.45, 2.75) is 150 Å². The summed E-state index contributed by atoms with van der Waals surface area (Å²) < 4.78 is 43.2. The van der Waals surface area contributed by atoms with E-state index in [0.29, 0.717) is 11.8 Å². The van der Waals surface area contributed by atoms with E-state index in [9.17, 15) is 13.2 Å². The number of halogens is 5. The van der Waals surface area contributed by atoms with Crippen LogP contribution >= 0.6 is 17.0 Å². The normalized spacial score (nSPS) is 21.4. The Kier molecular flexibility index (Phi) is 13.7. The van der Waals surface area contributed by atoms with E-state index in [1.165, 1.54) is 155 Å². The zero-order valence-corrected chi connectivity index (χ0v) is 42.3. The van der Waals surface area contributed by atoms with Crippen LogP contribution in [0.2, 0.25) is 12.6 Å². The van der Waals surface area contributed by atoms with Gasteiger partial charge in [0.05, 0.1) is 0 Å². The molecule has 325 valence electrons. The average molecular weight is 962 g/mol. The number of aryl methyl sites for hydroxylation is 4. The van der Waals surface area contributed by atoms with Crippen LogP contribution in [0.4, 0.5) is 13.2 Å². The van der Waals surface area contributed by atoms with Crippen LogP contribution in [0.1, 0.15) is 148 Å². The molecule has 7 heteroatoms. The van der Waals surface area contributed by atoms with E-state index in [1.807, 2.05) is 0 Å². The second-order valence-electron chi connectivity index (χ2n) is 20.1. The molecule has 4 aromatic rings. The van der Waals surface area contributed by atoms with E-state index < -0.39 is 34.1 Å². The summed E-state index contributed by atoms with van der Waals surface area (Å²) in [5.41, 5.74) is 16.9. The Bertz CT molecular complexity index is 2120. The van der Waals surface area contributed by atoms with Crippen molar-refractivity contribution in [3.63, 3.8) is 0 Å². The Morgan fingerprint density at radius 2 is 0.951 bits per heavy atom. The van der Waals surface area contributed by atoms with E-state index in [2.05, 4.69) is 119 Å².